The highest BCUT2D eigenvalue weighted by Gasteiger charge is 2.26. The number of phenolic OH excluding ortho intramolecular Hbond substituents is 1. The fourth-order valence-electron chi connectivity index (χ4n) is 2.56. The number of aryl methyl sites for hydroxylation is 1. The fourth-order valence-corrected chi connectivity index (χ4v) is 2.56. The van der Waals surface area contributed by atoms with E-state index in [1.165, 1.54) is 7.11 Å². The Balaban J connectivity index is 2.48. The number of rotatable bonds is 2. The number of ether oxygens (including phenoxy) is 1. The van der Waals surface area contributed by atoms with Crippen LogP contribution in [0.25, 0.3) is 0 Å². The highest BCUT2D eigenvalue weighted by molar-refractivity contribution is 5.78. The minimum absolute atomic E-state index is 0.0337. The summed E-state index contributed by atoms with van der Waals surface area (Å²) in [5.74, 6) is -0.767. The van der Waals surface area contributed by atoms with Crippen LogP contribution in [0, 0.1) is 0 Å². The number of aliphatic hydroxyl groups excluding tert-OH is 1. The molecule has 18 heavy (non-hydrogen) atoms. The van der Waals surface area contributed by atoms with Gasteiger partial charge in [0.15, 0.2) is 6.10 Å². The summed E-state index contributed by atoms with van der Waals surface area (Å²) in [5.41, 5.74) is 2.34. The summed E-state index contributed by atoms with van der Waals surface area (Å²) in [6.45, 7) is 0. The van der Waals surface area contributed by atoms with Gasteiger partial charge in [-0.1, -0.05) is 12.5 Å². The maximum atomic E-state index is 11.5. The van der Waals surface area contributed by atoms with E-state index < -0.39 is 12.1 Å². The van der Waals surface area contributed by atoms with Crippen LogP contribution in [0.3, 0.4) is 0 Å². The van der Waals surface area contributed by atoms with E-state index in [-0.39, 0.29) is 5.75 Å². The molecule has 0 bridgehead atoms. The van der Waals surface area contributed by atoms with Gasteiger partial charge in [-0.3, -0.25) is 0 Å². The second-order valence-electron chi connectivity index (χ2n) is 4.62. The molecule has 1 atom stereocenters. The standard InChI is InChI=1S/C14H18O4/c1-18-14(17)13(16)12-10-6-4-2-3-5-9(10)7-8-11(12)15/h7-8,13,15-16H,2-6H2,1H3. The van der Waals surface area contributed by atoms with Gasteiger partial charge < -0.3 is 14.9 Å². The monoisotopic (exact) mass is 250 g/mol. The molecule has 1 aliphatic carbocycles. The summed E-state index contributed by atoms with van der Waals surface area (Å²) in [6, 6.07) is 3.43. The zero-order valence-corrected chi connectivity index (χ0v) is 10.5. The van der Waals surface area contributed by atoms with Gasteiger partial charge in [-0.05, 0) is 42.9 Å². The van der Waals surface area contributed by atoms with Gasteiger partial charge in [-0.25, -0.2) is 4.79 Å². The first-order valence-corrected chi connectivity index (χ1v) is 6.24. The Bertz CT molecular complexity index is 453. The number of aromatic hydroxyl groups is 1. The molecule has 4 nitrogen and oxygen atoms in total. The molecule has 98 valence electrons. The average molecular weight is 250 g/mol. The number of hydrogen-bond donors (Lipinski definition) is 2. The maximum Gasteiger partial charge on any atom is 0.339 e. The zero-order valence-electron chi connectivity index (χ0n) is 10.5. The summed E-state index contributed by atoms with van der Waals surface area (Å²) in [4.78, 5) is 11.5. The molecule has 1 aliphatic rings. The van der Waals surface area contributed by atoms with E-state index in [0.29, 0.717) is 5.56 Å². The van der Waals surface area contributed by atoms with Crippen molar-refractivity contribution in [2.45, 2.75) is 38.2 Å². The van der Waals surface area contributed by atoms with Crippen LogP contribution in [0.4, 0.5) is 0 Å². The molecular formula is C14H18O4. The number of phenols is 1. The van der Waals surface area contributed by atoms with E-state index in [2.05, 4.69) is 4.74 Å². The third kappa shape index (κ3) is 2.34. The normalized spacial score (nSPS) is 16.6. The van der Waals surface area contributed by atoms with Crippen LogP contribution in [0.1, 0.15) is 42.1 Å². The van der Waals surface area contributed by atoms with Crippen LogP contribution in [0.2, 0.25) is 0 Å². The number of aliphatic hydroxyl groups is 1. The van der Waals surface area contributed by atoms with Gasteiger partial charge in [0.25, 0.3) is 0 Å². The van der Waals surface area contributed by atoms with Crippen molar-refractivity contribution in [1.82, 2.24) is 0 Å². The summed E-state index contributed by atoms with van der Waals surface area (Å²) in [7, 11) is 1.23. The number of benzene rings is 1. The lowest BCUT2D eigenvalue weighted by Gasteiger charge is -2.17. The first-order chi connectivity index (χ1) is 8.65. The van der Waals surface area contributed by atoms with Crippen molar-refractivity contribution in [3.05, 3.63) is 28.8 Å². The number of hydrogen-bond acceptors (Lipinski definition) is 4. The van der Waals surface area contributed by atoms with Gasteiger partial charge in [0.05, 0.1) is 7.11 Å². The lowest BCUT2D eigenvalue weighted by atomic mass is 9.93. The predicted molar refractivity (Wildman–Crippen MR) is 66.3 cm³/mol. The fraction of sp³-hybridized carbons (Fsp3) is 0.500. The van der Waals surface area contributed by atoms with E-state index in [1.54, 1.807) is 6.07 Å². The number of carbonyl (C=O) groups excluding carboxylic acids is 1. The molecule has 1 unspecified atom stereocenters. The van der Waals surface area contributed by atoms with E-state index in [4.69, 9.17) is 0 Å². The minimum atomic E-state index is -1.40. The Morgan fingerprint density at radius 3 is 2.72 bits per heavy atom. The van der Waals surface area contributed by atoms with Gasteiger partial charge in [-0.2, -0.15) is 0 Å². The molecule has 1 aromatic carbocycles. The number of esters is 1. The number of carbonyl (C=O) groups is 1. The van der Waals surface area contributed by atoms with Crippen molar-refractivity contribution < 1.29 is 19.7 Å². The highest BCUT2D eigenvalue weighted by atomic mass is 16.5. The molecule has 0 fully saturated rings. The predicted octanol–water partition coefficient (Wildman–Crippen LogP) is 1.87. The lowest BCUT2D eigenvalue weighted by molar-refractivity contribution is -0.150. The Kier molecular flexibility index (Phi) is 3.87. The van der Waals surface area contributed by atoms with Crippen LogP contribution in [0.15, 0.2) is 12.1 Å². The smallest absolute Gasteiger partial charge is 0.339 e. The lowest BCUT2D eigenvalue weighted by Crippen LogP contribution is -2.16. The quantitative estimate of drug-likeness (QED) is 0.621. The molecule has 0 spiro atoms. The van der Waals surface area contributed by atoms with Gasteiger partial charge >= 0.3 is 5.97 Å². The molecule has 0 amide bonds. The van der Waals surface area contributed by atoms with Crippen LogP contribution in [0.5, 0.6) is 5.75 Å². The molecule has 0 saturated carbocycles. The molecule has 0 radical (unpaired) electrons. The molecule has 0 aromatic heterocycles. The van der Waals surface area contributed by atoms with Crippen LogP contribution < -0.4 is 0 Å². The van der Waals surface area contributed by atoms with Gasteiger partial charge in [0.2, 0.25) is 0 Å². The average Bonchev–Trinajstić information content (AvgIpc) is 2.62. The Hall–Kier alpha value is -1.55. The second-order valence-corrected chi connectivity index (χ2v) is 4.62. The number of fused-ring (bicyclic) bond motifs is 1. The SMILES string of the molecule is COC(=O)C(O)c1c(O)ccc2c1CCCCC2. The van der Waals surface area contributed by atoms with E-state index >= 15 is 0 Å². The van der Waals surface area contributed by atoms with Crippen molar-refractivity contribution in [1.29, 1.82) is 0 Å². The topological polar surface area (TPSA) is 66.8 Å². The van der Waals surface area contributed by atoms with Crippen molar-refractivity contribution in [3.8, 4) is 5.75 Å². The molecule has 0 heterocycles. The van der Waals surface area contributed by atoms with Crippen molar-refractivity contribution in [2.75, 3.05) is 7.11 Å². The van der Waals surface area contributed by atoms with Crippen LogP contribution in [-0.4, -0.2) is 23.3 Å². The van der Waals surface area contributed by atoms with Gasteiger partial charge in [0.1, 0.15) is 5.75 Å². The van der Waals surface area contributed by atoms with Crippen molar-refractivity contribution in [2.24, 2.45) is 0 Å². The zero-order chi connectivity index (χ0) is 13.1. The summed E-state index contributed by atoms with van der Waals surface area (Å²) in [6.07, 6.45) is 3.55. The third-order valence-corrected chi connectivity index (χ3v) is 3.50. The Morgan fingerprint density at radius 2 is 2.00 bits per heavy atom. The van der Waals surface area contributed by atoms with E-state index in [0.717, 1.165) is 43.2 Å². The Labute approximate surface area is 106 Å². The molecular weight excluding hydrogens is 232 g/mol. The van der Waals surface area contributed by atoms with Gasteiger partial charge in [-0.15, -0.1) is 0 Å². The summed E-state index contributed by atoms with van der Waals surface area (Å²) in [5, 5.41) is 19.9. The van der Waals surface area contributed by atoms with E-state index in [1.807, 2.05) is 6.07 Å². The highest BCUT2D eigenvalue weighted by Crippen LogP contribution is 2.34. The molecule has 4 heteroatoms. The number of methoxy groups -OCH3 is 1. The third-order valence-electron chi connectivity index (χ3n) is 3.50. The molecule has 0 aliphatic heterocycles. The summed E-state index contributed by atoms with van der Waals surface area (Å²) < 4.78 is 4.54. The minimum Gasteiger partial charge on any atom is -0.508 e. The van der Waals surface area contributed by atoms with E-state index in [9.17, 15) is 15.0 Å². The molecule has 0 saturated heterocycles. The molecule has 2 rings (SSSR count). The summed E-state index contributed by atoms with van der Waals surface area (Å²) >= 11 is 0. The van der Waals surface area contributed by atoms with Crippen molar-refractivity contribution in [3.63, 3.8) is 0 Å². The first-order valence-electron chi connectivity index (χ1n) is 6.24. The second kappa shape index (κ2) is 5.40. The molecule has 2 N–H and O–H groups in total. The van der Waals surface area contributed by atoms with Crippen LogP contribution in [-0.2, 0) is 22.4 Å². The first kappa shape index (κ1) is 12.9. The largest absolute Gasteiger partial charge is 0.508 e. The van der Waals surface area contributed by atoms with Crippen LogP contribution >= 0.6 is 0 Å². The van der Waals surface area contributed by atoms with Crippen molar-refractivity contribution >= 4 is 5.97 Å². The maximum absolute atomic E-state index is 11.5. The molecule has 1 aromatic rings. The van der Waals surface area contributed by atoms with Gasteiger partial charge in [0, 0.05) is 5.56 Å². The Morgan fingerprint density at radius 1 is 1.28 bits per heavy atom.